The normalized spacial score (nSPS) is 18.2. The lowest BCUT2D eigenvalue weighted by Crippen LogP contribution is -2.32. The molecule has 0 spiro atoms. The largest absolute Gasteiger partial charge is 0.507 e. The molecule has 1 unspecified atom stereocenters. The van der Waals surface area contributed by atoms with Gasteiger partial charge in [0, 0.05) is 24.6 Å². The number of benzene rings is 1. The number of carbonyl (C=O) groups is 2. The van der Waals surface area contributed by atoms with Crippen molar-refractivity contribution in [2.24, 2.45) is 0 Å². The first-order valence-corrected chi connectivity index (χ1v) is 10.3. The second kappa shape index (κ2) is 9.07. The predicted octanol–water partition coefficient (Wildman–Crippen LogP) is 3.80. The van der Waals surface area contributed by atoms with Gasteiger partial charge < -0.3 is 24.2 Å². The van der Waals surface area contributed by atoms with Crippen LogP contribution in [0.3, 0.4) is 0 Å². The topological polar surface area (TPSA) is 85.3 Å². The Hall–Kier alpha value is -2.55. The number of hydrogen-bond acceptors (Lipinski definition) is 7. The highest BCUT2D eigenvalue weighted by Crippen LogP contribution is 2.44. The number of Topliss-reactive ketones (excluding diaryl/α,β-unsaturated/α-hetero) is 1. The first kappa shape index (κ1) is 22.1. The van der Waals surface area contributed by atoms with Crippen molar-refractivity contribution in [2.45, 2.75) is 13.0 Å². The van der Waals surface area contributed by atoms with Crippen molar-refractivity contribution in [3.63, 3.8) is 0 Å². The fraction of sp³-hybridized carbons (Fsp3) is 0.333. The van der Waals surface area contributed by atoms with Crippen molar-refractivity contribution in [3.8, 4) is 11.5 Å². The fourth-order valence-corrected chi connectivity index (χ4v) is 4.72. The van der Waals surface area contributed by atoms with E-state index in [9.17, 15) is 14.7 Å². The minimum atomic E-state index is -0.768. The van der Waals surface area contributed by atoms with Crippen molar-refractivity contribution < 1.29 is 28.9 Å². The van der Waals surface area contributed by atoms with Crippen LogP contribution in [0.5, 0.6) is 11.5 Å². The molecule has 30 heavy (non-hydrogen) atoms. The zero-order valence-corrected chi connectivity index (χ0v) is 18.6. The molecular weight excluding hydrogens is 430 g/mol. The zero-order valence-electron chi connectivity index (χ0n) is 17.0. The maximum Gasteiger partial charge on any atom is 0.295 e. The molecule has 0 bridgehead atoms. The molecule has 1 aromatic carbocycles. The number of amides is 1. The van der Waals surface area contributed by atoms with E-state index in [0.717, 1.165) is 10.4 Å². The second-order valence-electron chi connectivity index (χ2n) is 6.64. The van der Waals surface area contributed by atoms with Gasteiger partial charge >= 0.3 is 0 Å². The van der Waals surface area contributed by atoms with Crippen LogP contribution in [0.15, 0.2) is 29.2 Å². The van der Waals surface area contributed by atoms with Gasteiger partial charge in [-0.15, -0.1) is 11.3 Å². The highest BCUT2D eigenvalue weighted by Gasteiger charge is 2.47. The minimum absolute atomic E-state index is 0.0128. The molecule has 7 nitrogen and oxygen atoms in total. The molecule has 0 saturated carbocycles. The Morgan fingerprint density at radius 2 is 1.90 bits per heavy atom. The lowest BCUT2D eigenvalue weighted by Gasteiger charge is -2.24. The van der Waals surface area contributed by atoms with Gasteiger partial charge in [0.1, 0.15) is 17.3 Å². The molecule has 3 rings (SSSR count). The van der Waals surface area contributed by atoms with E-state index in [-0.39, 0.29) is 40.8 Å². The third-order valence-corrected chi connectivity index (χ3v) is 6.32. The number of nitrogens with zero attached hydrogens (tertiary/aromatic N) is 1. The van der Waals surface area contributed by atoms with Gasteiger partial charge in [0.2, 0.25) is 0 Å². The average molecular weight is 452 g/mol. The van der Waals surface area contributed by atoms with Gasteiger partial charge in [-0.05, 0) is 30.0 Å². The number of rotatable bonds is 7. The van der Waals surface area contributed by atoms with Crippen molar-refractivity contribution >= 4 is 40.4 Å². The molecular formula is C21H22ClNO6S. The number of aryl methyl sites for hydroxylation is 1. The molecule has 1 N–H and O–H groups in total. The van der Waals surface area contributed by atoms with Gasteiger partial charge in [-0.1, -0.05) is 11.6 Å². The number of ketones is 1. The molecule has 0 aliphatic carbocycles. The summed E-state index contributed by atoms with van der Waals surface area (Å²) in [4.78, 5) is 28.0. The van der Waals surface area contributed by atoms with Crippen LogP contribution in [0.4, 0.5) is 0 Å². The number of likely N-dealkylation sites (tertiary alicyclic amines) is 1. The Balaban J connectivity index is 2.24. The van der Waals surface area contributed by atoms with Crippen molar-refractivity contribution in [1.82, 2.24) is 4.90 Å². The molecule has 1 amide bonds. The quantitative estimate of drug-likeness (QED) is 0.391. The van der Waals surface area contributed by atoms with E-state index in [1.54, 1.807) is 0 Å². The SMILES string of the molecule is COCCN1C(=O)C(=O)/C(=C(/O)c2cc(Cl)c(OC)cc2OC)C1c1sccc1C. The third kappa shape index (κ3) is 3.78. The first-order chi connectivity index (χ1) is 14.3. The Morgan fingerprint density at radius 3 is 2.47 bits per heavy atom. The first-order valence-electron chi connectivity index (χ1n) is 9.08. The number of halogens is 1. The Kier molecular flexibility index (Phi) is 6.70. The molecule has 1 atom stereocenters. The highest BCUT2D eigenvalue weighted by atomic mass is 35.5. The van der Waals surface area contributed by atoms with E-state index >= 15 is 0 Å². The molecule has 1 aromatic heterocycles. The Morgan fingerprint density at radius 1 is 1.20 bits per heavy atom. The number of ether oxygens (including phenoxy) is 3. The van der Waals surface area contributed by atoms with Crippen molar-refractivity contribution in [3.05, 3.63) is 50.2 Å². The number of aliphatic hydroxyl groups is 1. The van der Waals surface area contributed by atoms with Gasteiger partial charge in [0.25, 0.3) is 11.7 Å². The van der Waals surface area contributed by atoms with E-state index < -0.39 is 17.7 Å². The maximum absolute atomic E-state index is 13.0. The van der Waals surface area contributed by atoms with Crippen molar-refractivity contribution in [2.75, 3.05) is 34.5 Å². The van der Waals surface area contributed by atoms with E-state index in [1.165, 1.54) is 49.7 Å². The lowest BCUT2D eigenvalue weighted by molar-refractivity contribution is -0.140. The molecule has 1 fully saturated rings. The van der Waals surface area contributed by atoms with E-state index in [1.807, 2.05) is 18.4 Å². The summed E-state index contributed by atoms with van der Waals surface area (Å²) in [5.41, 5.74) is 1.10. The summed E-state index contributed by atoms with van der Waals surface area (Å²) in [6, 6.07) is 4.14. The molecule has 2 heterocycles. The van der Waals surface area contributed by atoms with Crippen LogP contribution >= 0.6 is 22.9 Å². The number of aliphatic hydroxyl groups excluding tert-OH is 1. The summed E-state index contributed by atoms with van der Waals surface area (Å²) in [6.45, 7) is 2.36. The summed E-state index contributed by atoms with van der Waals surface area (Å²) < 4.78 is 15.7. The molecule has 1 aliphatic heterocycles. The number of carbonyl (C=O) groups excluding carboxylic acids is 2. The monoisotopic (exact) mass is 451 g/mol. The van der Waals surface area contributed by atoms with Crippen LogP contribution in [-0.2, 0) is 14.3 Å². The number of methoxy groups -OCH3 is 3. The number of hydrogen-bond donors (Lipinski definition) is 1. The van der Waals surface area contributed by atoms with Crippen LogP contribution in [0.2, 0.25) is 5.02 Å². The third-order valence-electron chi connectivity index (χ3n) is 4.96. The number of thiophene rings is 1. The van der Waals surface area contributed by atoms with Gasteiger partial charge in [0.15, 0.2) is 0 Å². The Labute approximate surface area is 183 Å². The summed E-state index contributed by atoms with van der Waals surface area (Å²) in [5.74, 6) is -1.19. The summed E-state index contributed by atoms with van der Waals surface area (Å²) in [5, 5.41) is 13.3. The van der Waals surface area contributed by atoms with Crippen LogP contribution in [0.25, 0.3) is 5.76 Å². The van der Waals surface area contributed by atoms with Gasteiger partial charge in [-0.25, -0.2) is 0 Å². The molecule has 0 radical (unpaired) electrons. The fourth-order valence-electron chi connectivity index (χ4n) is 3.43. The van der Waals surface area contributed by atoms with Gasteiger partial charge in [0.05, 0.1) is 43.0 Å². The second-order valence-corrected chi connectivity index (χ2v) is 8.00. The molecule has 2 aromatic rings. The molecule has 160 valence electrons. The molecule has 1 aliphatic rings. The van der Waals surface area contributed by atoms with Crippen LogP contribution in [0, 0.1) is 6.92 Å². The summed E-state index contributed by atoms with van der Waals surface area (Å²) in [6.07, 6.45) is 0. The summed E-state index contributed by atoms with van der Waals surface area (Å²) in [7, 11) is 4.41. The standard InChI is InChI=1S/C21H22ClNO6S/c1-11-5-8-30-20(11)17-16(19(25)21(26)23(17)6-7-27-2)18(24)12-9-13(22)15(29-4)10-14(12)28-3/h5,8-10,17,24H,6-7H2,1-4H3/b18-16+. The zero-order chi connectivity index (χ0) is 22.0. The molecule has 1 saturated heterocycles. The summed E-state index contributed by atoms with van der Waals surface area (Å²) >= 11 is 7.66. The smallest absolute Gasteiger partial charge is 0.295 e. The lowest BCUT2D eigenvalue weighted by atomic mass is 9.98. The highest BCUT2D eigenvalue weighted by molar-refractivity contribution is 7.10. The average Bonchev–Trinajstić information content (AvgIpc) is 3.26. The van der Waals surface area contributed by atoms with E-state index in [0.29, 0.717) is 5.75 Å². The van der Waals surface area contributed by atoms with Crippen LogP contribution < -0.4 is 9.47 Å². The predicted molar refractivity (Wildman–Crippen MR) is 114 cm³/mol. The van der Waals surface area contributed by atoms with Gasteiger partial charge in [-0.2, -0.15) is 0 Å². The van der Waals surface area contributed by atoms with E-state index in [4.69, 9.17) is 25.8 Å². The van der Waals surface area contributed by atoms with E-state index in [2.05, 4.69) is 0 Å². The van der Waals surface area contributed by atoms with Crippen molar-refractivity contribution in [1.29, 1.82) is 0 Å². The molecule has 9 heteroatoms. The van der Waals surface area contributed by atoms with Gasteiger partial charge in [-0.3, -0.25) is 9.59 Å². The minimum Gasteiger partial charge on any atom is -0.507 e. The van der Waals surface area contributed by atoms with Crippen LogP contribution in [-0.4, -0.2) is 56.2 Å². The Bertz CT molecular complexity index is 1010. The maximum atomic E-state index is 13.0. The van der Waals surface area contributed by atoms with Crippen LogP contribution in [0.1, 0.15) is 22.0 Å².